The van der Waals surface area contributed by atoms with Crippen molar-refractivity contribution in [2.45, 2.75) is 12.5 Å². The van der Waals surface area contributed by atoms with Crippen LogP contribution in [0.1, 0.15) is 17.3 Å². The summed E-state index contributed by atoms with van der Waals surface area (Å²) in [5.41, 5.74) is 2.01. The van der Waals surface area contributed by atoms with Gasteiger partial charge in [-0.1, -0.05) is 29.3 Å². The fourth-order valence-corrected chi connectivity index (χ4v) is 2.07. The summed E-state index contributed by atoms with van der Waals surface area (Å²) in [5.74, 6) is 0. The lowest BCUT2D eigenvalue weighted by Gasteiger charge is -2.15. The zero-order valence-corrected chi connectivity index (χ0v) is 11.4. The van der Waals surface area contributed by atoms with Gasteiger partial charge in [0.15, 0.2) is 0 Å². The molecule has 0 aliphatic heterocycles. The molecule has 1 N–H and O–H groups in total. The van der Waals surface area contributed by atoms with E-state index in [-0.39, 0.29) is 6.04 Å². The maximum atomic E-state index is 6.01. The maximum absolute atomic E-state index is 6.01. The molecular weight excluding hydrogens is 269 g/mol. The topological polar surface area (TPSA) is 37.8 Å². The molecule has 3 nitrogen and oxygen atoms in total. The van der Waals surface area contributed by atoms with Crippen molar-refractivity contribution < 1.29 is 0 Å². The molecule has 1 unspecified atom stereocenters. The number of hydrogen-bond donors (Lipinski definition) is 1. The Morgan fingerprint density at radius 3 is 2.67 bits per heavy atom. The minimum absolute atomic E-state index is 0.107. The molecular formula is C13H13Cl2N3. The highest BCUT2D eigenvalue weighted by Crippen LogP contribution is 2.25. The van der Waals surface area contributed by atoms with Crippen LogP contribution in [0, 0.1) is 0 Å². The summed E-state index contributed by atoms with van der Waals surface area (Å²) in [6.07, 6.45) is 5.90. The molecule has 2 aromatic rings. The van der Waals surface area contributed by atoms with Gasteiger partial charge >= 0.3 is 0 Å². The third kappa shape index (κ3) is 3.19. The first kappa shape index (κ1) is 13.3. The highest BCUT2D eigenvalue weighted by Gasteiger charge is 2.12. The van der Waals surface area contributed by atoms with Gasteiger partial charge in [-0.2, -0.15) is 0 Å². The van der Waals surface area contributed by atoms with E-state index in [0.717, 1.165) is 17.7 Å². The van der Waals surface area contributed by atoms with Crippen molar-refractivity contribution in [3.05, 3.63) is 58.1 Å². The molecule has 1 aromatic heterocycles. The SMILES string of the molecule is CNC(Cc1ccc(Cl)c(Cl)c1)c1cnccn1. The number of halogens is 2. The van der Waals surface area contributed by atoms with Crippen molar-refractivity contribution in [1.29, 1.82) is 0 Å². The maximum Gasteiger partial charge on any atom is 0.0759 e. The van der Waals surface area contributed by atoms with E-state index in [4.69, 9.17) is 23.2 Å². The van der Waals surface area contributed by atoms with Crippen LogP contribution in [0.3, 0.4) is 0 Å². The Bertz CT molecular complexity index is 517. The molecule has 2 rings (SSSR count). The molecule has 0 saturated heterocycles. The predicted octanol–water partition coefficient (Wildman–Crippen LogP) is 3.29. The van der Waals surface area contributed by atoms with Gasteiger partial charge in [0.2, 0.25) is 0 Å². The standard InChI is InChI=1S/C13H13Cl2N3/c1-16-12(13-8-17-4-5-18-13)7-9-2-3-10(14)11(15)6-9/h2-6,8,12,16H,7H2,1H3. The second-order valence-corrected chi connectivity index (χ2v) is 4.74. The van der Waals surface area contributed by atoms with Gasteiger partial charge in [-0.05, 0) is 31.2 Å². The van der Waals surface area contributed by atoms with Crippen molar-refractivity contribution >= 4 is 23.2 Å². The molecule has 0 saturated carbocycles. The molecule has 0 amide bonds. The van der Waals surface area contributed by atoms with E-state index in [1.807, 2.05) is 25.2 Å². The van der Waals surface area contributed by atoms with E-state index in [2.05, 4.69) is 15.3 Å². The Kier molecular flexibility index (Phi) is 4.53. The zero-order chi connectivity index (χ0) is 13.0. The van der Waals surface area contributed by atoms with Crippen LogP contribution in [-0.2, 0) is 6.42 Å². The zero-order valence-electron chi connectivity index (χ0n) is 9.90. The number of benzene rings is 1. The van der Waals surface area contributed by atoms with E-state index in [0.29, 0.717) is 10.0 Å². The van der Waals surface area contributed by atoms with Crippen LogP contribution < -0.4 is 5.32 Å². The molecule has 5 heteroatoms. The number of hydrogen-bond acceptors (Lipinski definition) is 3. The van der Waals surface area contributed by atoms with Crippen LogP contribution in [0.15, 0.2) is 36.8 Å². The van der Waals surface area contributed by atoms with Gasteiger partial charge in [0, 0.05) is 18.6 Å². The Morgan fingerprint density at radius 2 is 2.06 bits per heavy atom. The van der Waals surface area contributed by atoms with Crippen LogP contribution in [0.25, 0.3) is 0 Å². The molecule has 0 spiro atoms. The molecule has 1 heterocycles. The van der Waals surface area contributed by atoms with E-state index >= 15 is 0 Å². The summed E-state index contributed by atoms with van der Waals surface area (Å²) < 4.78 is 0. The molecule has 1 atom stereocenters. The number of nitrogens with zero attached hydrogens (tertiary/aromatic N) is 2. The van der Waals surface area contributed by atoms with Gasteiger partial charge in [0.05, 0.1) is 21.8 Å². The fraction of sp³-hybridized carbons (Fsp3) is 0.231. The van der Waals surface area contributed by atoms with Crippen LogP contribution in [0.2, 0.25) is 10.0 Å². The number of likely N-dealkylation sites (N-methyl/N-ethyl adjacent to an activating group) is 1. The van der Waals surface area contributed by atoms with Crippen molar-refractivity contribution in [3.63, 3.8) is 0 Å². The van der Waals surface area contributed by atoms with Crippen LogP contribution in [0.5, 0.6) is 0 Å². The second-order valence-electron chi connectivity index (χ2n) is 3.92. The molecule has 0 radical (unpaired) electrons. The second kappa shape index (κ2) is 6.14. The van der Waals surface area contributed by atoms with E-state index in [9.17, 15) is 0 Å². The largest absolute Gasteiger partial charge is 0.311 e. The lowest BCUT2D eigenvalue weighted by atomic mass is 10.0. The Balaban J connectivity index is 2.18. The van der Waals surface area contributed by atoms with Gasteiger partial charge < -0.3 is 5.32 Å². The lowest BCUT2D eigenvalue weighted by molar-refractivity contribution is 0.573. The van der Waals surface area contributed by atoms with Crippen LogP contribution in [0.4, 0.5) is 0 Å². The summed E-state index contributed by atoms with van der Waals surface area (Å²) in [5, 5.41) is 4.37. The first-order valence-electron chi connectivity index (χ1n) is 5.58. The Morgan fingerprint density at radius 1 is 1.22 bits per heavy atom. The molecule has 18 heavy (non-hydrogen) atoms. The minimum Gasteiger partial charge on any atom is -0.311 e. The first-order valence-corrected chi connectivity index (χ1v) is 6.33. The summed E-state index contributed by atoms with van der Waals surface area (Å²) in [7, 11) is 1.90. The fourth-order valence-electron chi connectivity index (χ4n) is 1.75. The average Bonchev–Trinajstić information content (AvgIpc) is 2.41. The predicted molar refractivity (Wildman–Crippen MR) is 74.0 cm³/mol. The van der Waals surface area contributed by atoms with Crippen LogP contribution >= 0.6 is 23.2 Å². The highest BCUT2D eigenvalue weighted by atomic mass is 35.5. The molecule has 1 aromatic carbocycles. The van der Waals surface area contributed by atoms with Gasteiger partial charge in [0.1, 0.15) is 0 Å². The first-order chi connectivity index (χ1) is 8.70. The van der Waals surface area contributed by atoms with Gasteiger partial charge in [-0.25, -0.2) is 0 Å². The van der Waals surface area contributed by atoms with Crippen LogP contribution in [-0.4, -0.2) is 17.0 Å². The normalized spacial score (nSPS) is 12.4. The summed E-state index contributed by atoms with van der Waals surface area (Å²) in [4.78, 5) is 8.38. The summed E-state index contributed by atoms with van der Waals surface area (Å²) in [6.45, 7) is 0. The van der Waals surface area contributed by atoms with Crippen molar-refractivity contribution in [1.82, 2.24) is 15.3 Å². The Labute approximate surface area is 116 Å². The van der Waals surface area contributed by atoms with E-state index in [1.165, 1.54) is 0 Å². The molecule has 0 bridgehead atoms. The number of aromatic nitrogens is 2. The number of nitrogens with one attached hydrogen (secondary N) is 1. The summed E-state index contributed by atoms with van der Waals surface area (Å²) >= 11 is 11.9. The monoisotopic (exact) mass is 281 g/mol. The average molecular weight is 282 g/mol. The van der Waals surface area contributed by atoms with Gasteiger partial charge in [-0.15, -0.1) is 0 Å². The summed E-state index contributed by atoms with van der Waals surface area (Å²) in [6, 6.07) is 5.76. The lowest BCUT2D eigenvalue weighted by Crippen LogP contribution is -2.20. The molecule has 94 valence electrons. The smallest absolute Gasteiger partial charge is 0.0759 e. The van der Waals surface area contributed by atoms with Gasteiger partial charge in [0.25, 0.3) is 0 Å². The Hall–Kier alpha value is -1.16. The number of rotatable bonds is 4. The third-order valence-corrected chi connectivity index (χ3v) is 3.45. The molecule has 0 fully saturated rings. The van der Waals surface area contributed by atoms with Crippen molar-refractivity contribution in [2.24, 2.45) is 0 Å². The highest BCUT2D eigenvalue weighted by molar-refractivity contribution is 6.42. The van der Waals surface area contributed by atoms with Crippen molar-refractivity contribution in [3.8, 4) is 0 Å². The molecule has 0 aliphatic rings. The van der Waals surface area contributed by atoms with E-state index in [1.54, 1.807) is 18.6 Å². The van der Waals surface area contributed by atoms with E-state index < -0.39 is 0 Å². The quantitative estimate of drug-likeness (QED) is 0.935. The van der Waals surface area contributed by atoms with Crippen molar-refractivity contribution in [2.75, 3.05) is 7.05 Å². The third-order valence-electron chi connectivity index (χ3n) is 2.71. The molecule has 0 aliphatic carbocycles. The minimum atomic E-state index is 0.107. The van der Waals surface area contributed by atoms with Gasteiger partial charge in [-0.3, -0.25) is 9.97 Å².